The molecule has 1 aliphatic heterocycles. The molecule has 0 spiro atoms. The van der Waals surface area contributed by atoms with Gasteiger partial charge in [0.15, 0.2) is 12.2 Å². The maximum absolute atomic E-state index is 3.81. The third kappa shape index (κ3) is 2.98. The molecule has 0 bridgehead atoms. The fourth-order valence-corrected chi connectivity index (χ4v) is 3.49. The Balaban J connectivity index is 2.10. The molecule has 122 valence electrons. The lowest BCUT2D eigenvalue weighted by Crippen LogP contribution is -2.49. The second kappa shape index (κ2) is 7.41. The normalized spacial score (nSPS) is 19.8. The van der Waals surface area contributed by atoms with Gasteiger partial charge in [0.1, 0.15) is 0 Å². The van der Waals surface area contributed by atoms with Gasteiger partial charge in [-0.3, -0.25) is 0 Å². The standard InChI is InChI=1S/C22H25N2/c1-4-10-17(5-2)14-15-21-22(23-3)19-12-7-6-11-18(19)20-13-8-9-16-24(20)21/h4,6-16,21-23H,1,5H2,2-3H3/q+1/b15-14+,17-10+. The number of rotatable bonds is 5. The van der Waals surface area contributed by atoms with Crippen molar-refractivity contribution in [1.29, 1.82) is 0 Å². The lowest BCUT2D eigenvalue weighted by molar-refractivity contribution is -0.707. The molecule has 2 nitrogen and oxygen atoms in total. The van der Waals surface area contributed by atoms with E-state index in [-0.39, 0.29) is 12.1 Å². The van der Waals surface area contributed by atoms with Gasteiger partial charge in [-0.25, -0.2) is 0 Å². The van der Waals surface area contributed by atoms with Crippen molar-refractivity contribution < 1.29 is 4.57 Å². The third-order valence-corrected chi connectivity index (χ3v) is 4.68. The number of benzene rings is 1. The van der Waals surface area contributed by atoms with E-state index in [2.05, 4.69) is 90.3 Å². The first-order valence-corrected chi connectivity index (χ1v) is 8.56. The van der Waals surface area contributed by atoms with Crippen LogP contribution in [0.4, 0.5) is 0 Å². The zero-order valence-electron chi connectivity index (χ0n) is 14.4. The van der Waals surface area contributed by atoms with E-state index in [0.717, 1.165) is 6.42 Å². The van der Waals surface area contributed by atoms with E-state index in [9.17, 15) is 0 Å². The molecule has 1 aromatic heterocycles. The van der Waals surface area contributed by atoms with E-state index >= 15 is 0 Å². The number of likely N-dealkylation sites (N-methyl/N-ethyl adjacent to an activating group) is 1. The second-order valence-electron chi connectivity index (χ2n) is 6.03. The summed E-state index contributed by atoms with van der Waals surface area (Å²) in [6.45, 7) is 5.99. The van der Waals surface area contributed by atoms with Gasteiger partial charge < -0.3 is 5.32 Å². The number of hydrogen-bond acceptors (Lipinski definition) is 1. The highest BCUT2D eigenvalue weighted by molar-refractivity contribution is 5.63. The van der Waals surface area contributed by atoms with Crippen LogP contribution < -0.4 is 9.88 Å². The Hall–Kier alpha value is -2.45. The number of pyridine rings is 1. The Morgan fingerprint density at radius 3 is 2.75 bits per heavy atom. The minimum atomic E-state index is 0.237. The molecule has 0 saturated heterocycles. The number of allylic oxidation sites excluding steroid dienone is 4. The number of fused-ring (bicyclic) bond motifs is 3. The fraction of sp³-hybridized carbons (Fsp3) is 0.227. The van der Waals surface area contributed by atoms with E-state index < -0.39 is 0 Å². The molecule has 3 rings (SSSR count). The van der Waals surface area contributed by atoms with Gasteiger partial charge in [-0.15, -0.1) is 0 Å². The van der Waals surface area contributed by atoms with Crippen LogP contribution in [-0.2, 0) is 0 Å². The molecular weight excluding hydrogens is 292 g/mol. The van der Waals surface area contributed by atoms with Gasteiger partial charge >= 0.3 is 0 Å². The van der Waals surface area contributed by atoms with Crippen LogP contribution in [0, 0.1) is 0 Å². The molecule has 0 amide bonds. The molecule has 0 fully saturated rings. The Kier molecular flexibility index (Phi) is 5.07. The minimum absolute atomic E-state index is 0.237. The van der Waals surface area contributed by atoms with Crippen LogP contribution in [0.2, 0.25) is 0 Å². The van der Waals surface area contributed by atoms with E-state index in [4.69, 9.17) is 0 Å². The maximum atomic E-state index is 3.81. The van der Waals surface area contributed by atoms with Crippen molar-refractivity contribution in [1.82, 2.24) is 5.32 Å². The molecule has 2 aromatic rings. The van der Waals surface area contributed by atoms with Crippen LogP contribution in [0.15, 0.2) is 85.1 Å². The summed E-state index contributed by atoms with van der Waals surface area (Å²) in [5.74, 6) is 0. The van der Waals surface area contributed by atoms with Gasteiger partial charge in [0.2, 0.25) is 5.69 Å². The van der Waals surface area contributed by atoms with Crippen molar-refractivity contribution >= 4 is 0 Å². The van der Waals surface area contributed by atoms with Crippen LogP contribution in [0.25, 0.3) is 11.3 Å². The summed E-state index contributed by atoms with van der Waals surface area (Å²) in [5.41, 5.74) is 5.21. The van der Waals surface area contributed by atoms with E-state index in [0.29, 0.717) is 0 Å². The molecule has 2 unspecified atom stereocenters. The summed E-state index contributed by atoms with van der Waals surface area (Å²) in [6, 6.07) is 15.6. The summed E-state index contributed by atoms with van der Waals surface area (Å²) in [5, 5.41) is 3.51. The average Bonchev–Trinajstić information content (AvgIpc) is 2.64. The zero-order chi connectivity index (χ0) is 16.9. The molecule has 2 atom stereocenters. The molecule has 2 heterocycles. The Morgan fingerprint density at radius 1 is 1.21 bits per heavy atom. The molecule has 1 aliphatic rings. The first kappa shape index (κ1) is 16.4. The van der Waals surface area contributed by atoms with Gasteiger partial charge in [-0.1, -0.05) is 49.9 Å². The summed E-state index contributed by atoms with van der Waals surface area (Å²) in [7, 11) is 2.04. The van der Waals surface area contributed by atoms with Gasteiger partial charge in [0.05, 0.1) is 11.6 Å². The van der Waals surface area contributed by atoms with E-state index in [1.165, 1.54) is 22.4 Å². The van der Waals surface area contributed by atoms with E-state index in [1.54, 1.807) is 0 Å². The van der Waals surface area contributed by atoms with Crippen molar-refractivity contribution in [2.75, 3.05) is 7.05 Å². The zero-order valence-corrected chi connectivity index (χ0v) is 14.4. The summed E-state index contributed by atoms with van der Waals surface area (Å²) in [6.07, 6.45) is 11.7. The first-order valence-electron chi connectivity index (χ1n) is 8.56. The van der Waals surface area contributed by atoms with Crippen LogP contribution in [0.1, 0.15) is 31.0 Å². The SMILES string of the molecule is C=C/C=C(/C=C/C1C(NC)c2ccccc2-c2cccc[n+]21)CC. The predicted octanol–water partition coefficient (Wildman–Crippen LogP) is 4.53. The van der Waals surface area contributed by atoms with Crippen molar-refractivity contribution in [2.24, 2.45) is 0 Å². The molecule has 0 aliphatic carbocycles. The van der Waals surface area contributed by atoms with Crippen LogP contribution in [-0.4, -0.2) is 7.05 Å². The Morgan fingerprint density at radius 2 is 2.00 bits per heavy atom. The predicted molar refractivity (Wildman–Crippen MR) is 101 cm³/mol. The molecule has 0 saturated carbocycles. The largest absolute Gasteiger partial charge is 0.307 e. The fourth-order valence-electron chi connectivity index (χ4n) is 3.49. The second-order valence-corrected chi connectivity index (χ2v) is 6.03. The molecule has 24 heavy (non-hydrogen) atoms. The van der Waals surface area contributed by atoms with Gasteiger partial charge in [-0.2, -0.15) is 4.57 Å². The Labute approximate surface area is 144 Å². The molecule has 0 radical (unpaired) electrons. The number of hydrogen-bond donors (Lipinski definition) is 1. The number of aromatic nitrogens is 1. The van der Waals surface area contributed by atoms with Crippen molar-refractivity contribution in [3.8, 4) is 11.3 Å². The van der Waals surface area contributed by atoms with Crippen molar-refractivity contribution in [2.45, 2.75) is 25.4 Å². The summed E-state index contributed by atoms with van der Waals surface area (Å²) >= 11 is 0. The molecular formula is C22H25N2+. The van der Waals surface area contributed by atoms with Gasteiger partial charge in [0, 0.05) is 12.1 Å². The molecule has 1 N–H and O–H groups in total. The number of nitrogens with one attached hydrogen (secondary N) is 1. The maximum Gasteiger partial charge on any atom is 0.213 e. The molecule has 2 heteroatoms. The number of nitrogens with zero attached hydrogens (tertiary/aromatic N) is 1. The summed E-state index contributed by atoms with van der Waals surface area (Å²) in [4.78, 5) is 0. The highest BCUT2D eigenvalue weighted by Gasteiger charge is 2.37. The summed E-state index contributed by atoms with van der Waals surface area (Å²) < 4.78 is 2.36. The van der Waals surface area contributed by atoms with Crippen molar-refractivity contribution in [3.05, 3.63) is 90.7 Å². The third-order valence-electron chi connectivity index (χ3n) is 4.68. The van der Waals surface area contributed by atoms with Crippen molar-refractivity contribution in [3.63, 3.8) is 0 Å². The highest BCUT2D eigenvalue weighted by Crippen LogP contribution is 2.36. The van der Waals surface area contributed by atoms with Crippen LogP contribution >= 0.6 is 0 Å². The average molecular weight is 317 g/mol. The first-order chi connectivity index (χ1) is 11.8. The van der Waals surface area contributed by atoms with E-state index in [1.807, 2.05) is 13.1 Å². The van der Waals surface area contributed by atoms with Crippen LogP contribution in [0.5, 0.6) is 0 Å². The van der Waals surface area contributed by atoms with Gasteiger partial charge in [0.25, 0.3) is 0 Å². The lowest BCUT2D eigenvalue weighted by Gasteiger charge is -2.28. The van der Waals surface area contributed by atoms with Gasteiger partial charge in [-0.05, 0) is 42.8 Å². The monoisotopic (exact) mass is 317 g/mol. The minimum Gasteiger partial charge on any atom is -0.307 e. The highest BCUT2D eigenvalue weighted by atomic mass is 15.1. The lowest BCUT2D eigenvalue weighted by atomic mass is 9.88. The molecule has 1 aromatic carbocycles. The smallest absolute Gasteiger partial charge is 0.213 e. The van der Waals surface area contributed by atoms with Crippen LogP contribution in [0.3, 0.4) is 0 Å². The topological polar surface area (TPSA) is 15.9 Å². The quantitative estimate of drug-likeness (QED) is 0.632. The Bertz CT molecular complexity index is 786.